The lowest BCUT2D eigenvalue weighted by atomic mass is 9.94. The van der Waals surface area contributed by atoms with E-state index in [9.17, 15) is 4.79 Å². The lowest BCUT2D eigenvalue weighted by molar-refractivity contribution is -0.121. The third-order valence-electron chi connectivity index (χ3n) is 7.23. The van der Waals surface area contributed by atoms with Crippen molar-refractivity contribution in [2.75, 3.05) is 14.1 Å². The van der Waals surface area contributed by atoms with Crippen LogP contribution in [0.3, 0.4) is 0 Å². The Morgan fingerprint density at radius 3 is 2.61 bits per heavy atom. The summed E-state index contributed by atoms with van der Waals surface area (Å²) in [4.78, 5) is 14.9. The molecule has 0 saturated carbocycles. The third kappa shape index (κ3) is 3.65. The Bertz CT molecular complexity index is 1140. The molecule has 2 bridgehead atoms. The van der Waals surface area contributed by atoms with Gasteiger partial charge < -0.3 is 9.88 Å². The van der Waals surface area contributed by atoms with Gasteiger partial charge >= 0.3 is 0 Å². The fourth-order valence-electron chi connectivity index (χ4n) is 5.60. The smallest absolute Gasteiger partial charge is 0.220 e. The van der Waals surface area contributed by atoms with Crippen LogP contribution in [-0.2, 0) is 17.8 Å². The van der Waals surface area contributed by atoms with Gasteiger partial charge in [0.1, 0.15) is 0 Å². The number of hydrogen-bond donors (Lipinski definition) is 1. The number of hydrogen-bond acceptors (Lipinski definition) is 2. The summed E-state index contributed by atoms with van der Waals surface area (Å²) >= 11 is 12.6. The van der Waals surface area contributed by atoms with E-state index in [2.05, 4.69) is 34.0 Å². The van der Waals surface area contributed by atoms with Gasteiger partial charge in [0, 0.05) is 71.1 Å². The molecule has 1 saturated heterocycles. The standard InChI is InChI=1S/C25H27Cl2N3O/c1-28-24(31)11-16(15-3-5-17(26)6-4-15)14-30-21-9-7-18(27)12-20(21)25-22-10-8-19(29(22)2)13-23(25)30/h3-7,9,12,16,19,22H,8,10-11,13-14H2,1-2H3,(H,28,31). The second-order valence-electron chi connectivity index (χ2n) is 8.87. The van der Waals surface area contributed by atoms with E-state index in [-0.39, 0.29) is 11.8 Å². The second-order valence-corrected chi connectivity index (χ2v) is 9.75. The monoisotopic (exact) mass is 455 g/mol. The largest absolute Gasteiger partial charge is 0.359 e. The van der Waals surface area contributed by atoms with Crippen LogP contribution in [0.15, 0.2) is 42.5 Å². The fourth-order valence-corrected chi connectivity index (χ4v) is 5.90. The molecule has 0 radical (unpaired) electrons. The number of rotatable bonds is 5. The first-order valence-corrected chi connectivity index (χ1v) is 11.7. The van der Waals surface area contributed by atoms with Gasteiger partial charge in [0.15, 0.2) is 0 Å². The first-order valence-electron chi connectivity index (χ1n) is 10.9. The van der Waals surface area contributed by atoms with E-state index in [1.807, 2.05) is 30.3 Å². The van der Waals surface area contributed by atoms with E-state index in [1.54, 1.807) is 7.05 Å². The molecule has 5 rings (SSSR count). The maximum Gasteiger partial charge on any atom is 0.220 e. The van der Waals surface area contributed by atoms with Crippen molar-refractivity contribution < 1.29 is 4.79 Å². The average Bonchev–Trinajstić information content (AvgIpc) is 3.17. The molecule has 0 spiro atoms. The van der Waals surface area contributed by atoms with Crippen LogP contribution in [0.2, 0.25) is 10.0 Å². The van der Waals surface area contributed by atoms with Gasteiger partial charge in [-0.05, 0) is 61.3 Å². The molecule has 3 atom stereocenters. The molecule has 1 N–H and O–H groups in total. The van der Waals surface area contributed by atoms with E-state index in [1.165, 1.54) is 35.0 Å². The van der Waals surface area contributed by atoms with E-state index in [0.29, 0.717) is 23.5 Å². The summed E-state index contributed by atoms with van der Waals surface area (Å²) < 4.78 is 2.46. The van der Waals surface area contributed by atoms with Crippen molar-refractivity contribution in [1.82, 2.24) is 14.8 Å². The molecule has 162 valence electrons. The number of carbonyl (C=O) groups is 1. The minimum Gasteiger partial charge on any atom is -0.359 e. The molecule has 2 aliphatic heterocycles. The highest BCUT2D eigenvalue weighted by atomic mass is 35.5. The Balaban J connectivity index is 1.63. The van der Waals surface area contributed by atoms with Crippen LogP contribution in [-0.4, -0.2) is 35.5 Å². The summed E-state index contributed by atoms with van der Waals surface area (Å²) in [6.45, 7) is 0.756. The summed E-state index contributed by atoms with van der Waals surface area (Å²) in [7, 11) is 3.95. The number of aromatic nitrogens is 1. The third-order valence-corrected chi connectivity index (χ3v) is 7.72. The highest BCUT2D eigenvalue weighted by Gasteiger charge is 2.41. The summed E-state index contributed by atoms with van der Waals surface area (Å²) in [5, 5.41) is 5.54. The molecule has 3 unspecified atom stereocenters. The van der Waals surface area contributed by atoms with E-state index in [0.717, 1.165) is 23.6 Å². The molecular weight excluding hydrogens is 429 g/mol. The Hall–Kier alpha value is -2.01. The highest BCUT2D eigenvalue weighted by molar-refractivity contribution is 6.31. The van der Waals surface area contributed by atoms with Crippen LogP contribution in [0.4, 0.5) is 0 Å². The van der Waals surface area contributed by atoms with Gasteiger partial charge in [-0.3, -0.25) is 9.69 Å². The van der Waals surface area contributed by atoms with Gasteiger partial charge in [0.25, 0.3) is 0 Å². The van der Waals surface area contributed by atoms with Crippen LogP contribution < -0.4 is 5.32 Å². The Morgan fingerprint density at radius 2 is 1.87 bits per heavy atom. The normalized spacial score (nSPS) is 21.3. The maximum absolute atomic E-state index is 12.4. The predicted octanol–water partition coefficient (Wildman–Crippen LogP) is 5.56. The molecule has 1 fully saturated rings. The van der Waals surface area contributed by atoms with Gasteiger partial charge in [-0.15, -0.1) is 0 Å². The fraction of sp³-hybridized carbons (Fsp3) is 0.400. The number of likely N-dealkylation sites (N-methyl/N-ethyl adjacent to an activating group) is 1. The average molecular weight is 456 g/mol. The first kappa shape index (κ1) is 20.9. The number of fused-ring (bicyclic) bond motifs is 6. The van der Waals surface area contributed by atoms with Crippen molar-refractivity contribution in [2.45, 2.75) is 50.2 Å². The molecule has 0 aliphatic carbocycles. The van der Waals surface area contributed by atoms with Crippen molar-refractivity contribution in [3.05, 3.63) is 69.3 Å². The van der Waals surface area contributed by atoms with Gasteiger partial charge in [0.05, 0.1) is 0 Å². The molecule has 2 aliphatic rings. The number of carbonyl (C=O) groups excluding carboxylic acids is 1. The lowest BCUT2D eigenvalue weighted by Gasteiger charge is -2.33. The molecule has 2 aromatic carbocycles. The number of amides is 1. The predicted molar refractivity (Wildman–Crippen MR) is 127 cm³/mol. The van der Waals surface area contributed by atoms with E-state index in [4.69, 9.17) is 23.2 Å². The maximum atomic E-state index is 12.4. The molecule has 31 heavy (non-hydrogen) atoms. The Morgan fingerprint density at radius 1 is 1.13 bits per heavy atom. The van der Waals surface area contributed by atoms with Crippen LogP contribution >= 0.6 is 23.2 Å². The zero-order valence-corrected chi connectivity index (χ0v) is 19.4. The van der Waals surface area contributed by atoms with Crippen molar-refractivity contribution in [3.63, 3.8) is 0 Å². The first-order chi connectivity index (χ1) is 15.0. The SMILES string of the molecule is CNC(=O)CC(Cn1c2c(c3cc(Cl)ccc31)C1CCC(C2)N1C)c1ccc(Cl)cc1. The quantitative estimate of drug-likeness (QED) is 0.546. The summed E-state index contributed by atoms with van der Waals surface area (Å²) in [5.74, 6) is 0.109. The van der Waals surface area contributed by atoms with Crippen molar-refractivity contribution in [2.24, 2.45) is 0 Å². The van der Waals surface area contributed by atoms with Crippen LogP contribution in [0, 0.1) is 0 Å². The molecule has 4 nitrogen and oxygen atoms in total. The molecule has 1 aromatic heterocycles. The Labute approximate surface area is 193 Å². The number of nitrogens with one attached hydrogen (secondary N) is 1. The zero-order chi connectivity index (χ0) is 21.7. The number of halogens is 2. The molecular formula is C25H27Cl2N3O. The summed E-state index contributed by atoms with van der Waals surface area (Å²) in [5.41, 5.74) is 5.20. The summed E-state index contributed by atoms with van der Waals surface area (Å²) in [6, 6.07) is 15.2. The Kier molecular flexibility index (Phi) is 5.49. The minimum absolute atomic E-state index is 0.0492. The van der Waals surface area contributed by atoms with Crippen molar-refractivity contribution in [1.29, 1.82) is 0 Å². The highest BCUT2D eigenvalue weighted by Crippen LogP contribution is 2.47. The summed E-state index contributed by atoms with van der Waals surface area (Å²) in [6.07, 6.45) is 3.91. The number of benzene rings is 2. The van der Waals surface area contributed by atoms with Gasteiger partial charge in [-0.2, -0.15) is 0 Å². The van der Waals surface area contributed by atoms with Crippen LogP contribution in [0.25, 0.3) is 10.9 Å². The van der Waals surface area contributed by atoms with Crippen molar-refractivity contribution in [3.8, 4) is 0 Å². The van der Waals surface area contributed by atoms with Crippen molar-refractivity contribution >= 4 is 40.0 Å². The molecule has 3 aromatic rings. The molecule has 3 heterocycles. The van der Waals surface area contributed by atoms with Gasteiger partial charge in [-0.1, -0.05) is 35.3 Å². The molecule has 1 amide bonds. The van der Waals surface area contributed by atoms with E-state index >= 15 is 0 Å². The molecule has 6 heteroatoms. The zero-order valence-electron chi connectivity index (χ0n) is 17.9. The number of nitrogens with zero attached hydrogens (tertiary/aromatic N) is 2. The van der Waals surface area contributed by atoms with Gasteiger partial charge in [0.2, 0.25) is 5.91 Å². The van der Waals surface area contributed by atoms with Crippen LogP contribution in [0.5, 0.6) is 0 Å². The second kappa shape index (κ2) is 8.16. The minimum atomic E-state index is 0.0492. The lowest BCUT2D eigenvalue weighted by Crippen LogP contribution is -2.35. The van der Waals surface area contributed by atoms with E-state index < -0.39 is 0 Å². The topological polar surface area (TPSA) is 37.3 Å². The van der Waals surface area contributed by atoms with Crippen LogP contribution in [0.1, 0.15) is 48.0 Å². The van der Waals surface area contributed by atoms with Gasteiger partial charge in [-0.25, -0.2) is 0 Å².